The van der Waals surface area contributed by atoms with Crippen molar-refractivity contribution in [2.75, 3.05) is 25.6 Å². The summed E-state index contributed by atoms with van der Waals surface area (Å²) in [5.41, 5.74) is -0.245. The van der Waals surface area contributed by atoms with Crippen molar-refractivity contribution in [3.63, 3.8) is 0 Å². The van der Waals surface area contributed by atoms with E-state index in [1.54, 1.807) is 24.3 Å². The largest absolute Gasteiger partial charge is 0.477 e. The van der Waals surface area contributed by atoms with Crippen LogP contribution >= 0.6 is 0 Å². The number of anilines is 1. The average molecular weight is 399 g/mol. The van der Waals surface area contributed by atoms with Crippen LogP contribution in [0.4, 0.5) is 11.4 Å². The molecule has 150 valence electrons. The van der Waals surface area contributed by atoms with Gasteiger partial charge in [-0.2, -0.15) is 0 Å². The third kappa shape index (κ3) is 3.86. The van der Waals surface area contributed by atoms with Gasteiger partial charge in [-0.05, 0) is 18.2 Å². The molecule has 0 unspecified atom stereocenters. The number of hydrogen-bond donors (Lipinski definition) is 1. The van der Waals surface area contributed by atoms with E-state index in [4.69, 9.17) is 4.74 Å². The smallest absolute Gasteiger partial charge is 0.338 e. The maximum absolute atomic E-state index is 13.2. The molecule has 3 rings (SSSR count). The lowest BCUT2D eigenvalue weighted by molar-refractivity contribution is -0.384. The molecule has 0 fully saturated rings. The van der Waals surface area contributed by atoms with Gasteiger partial charge in [0.2, 0.25) is 0 Å². The predicted octanol–water partition coefficient (Wildman–Crippen LogP) is 1.54. The molecule has 0 radical (unpaired) electrons. The summed E-state index contributed by atoms with van der Waals surface area (Å²) in [6, 6.07) is 9.94. The maximum atomic E-state index is 13.2. The third-order valence-electron chi connectivity index (χ3n) is 4.35. The van der Waals surface area contributed by atoms with E-state index in [0.717, 1.165) is 19.2 Å². The fraction of sp³-hybridized carbons (Fsp3) is 0.211. The Balaban J connectivity index is 2.07. The number of methoxy groups -OCH3 is 1. The van der Waals surface area contributed by atoms with Crippen molar-refractivity contribution in [3.05, 3.63) is 63.7 Å². The minimum absolute atomic E-state index is 0.0908. The van der Waals surface area contributed by atoms with Gasteiger partial charge in [0, 0.05) is 24.7 Å². The summed E-state index contributed by atoms with van der Waals surface area (Å²) >= 11 is 0. The first-order chi connectivity index (χ1) is 13.8. The number of carbonyl (C=O) groups is 3. The number of nitro benzene ring substituents is 1. The Morgan fingerprint density at radius 1 is 1.21 bits per heavy atom. The van der Waals surface area contributed by atoms with Crippen molar-refractivity contribution >= 4 is 29.2 Å². The van der Waals surface area contributed by atoms with Crippen molar-refractivity contribution < 1.29 is 28.8 Å². The molecule has 0 aliphatic carbocycles. The first-order valence-corrected chi connectivity index (χ1v) is 8.52. The number of non-ortho nitro benzene ring substituents is 1. The Morgan fingerprint density at radius 2 is 1.90 bits per heavy atom. The summed E-state index contributed by atoms with van der Waals surface area (Å²) in [6.07, 6.45) is -0.961. The lowest BCUT2D eigenvalue weighted by Gasteiger charge is -2.34. The van der Waals surface area contributed by atoms with Gasteiger partial charge in [-0.15, -0.1) is 0 Å². The zero-order valence-corrected chi connectivity index (χ0v) is 15.6. The van der Waals surface area contributed by atoms with E-state index in [1.807, 2.05) is 0 Å². The molecule has 2 amide bonds. The monoisotopic (exact) mass is 399 g/mol. The van der Waals surface area contributed by atoms with E-state index in [-0.39, 0.29) is 17.7 Å². The Hall–Kier alpha value is -3.95. The van der Waals surface area contributed by atoms with E-state index < -0.39 is 34.5 Å². The van der Waals surface area contributed by atoms with Gasteiger partial charge in [0.05, 0.1) is 29.8 Å². The molecule has 10 nitrogen and oxygen atoms in total. The van der Waals surface area contributed by atoms with Crippen LogP contribution in [0.5, 0.6) is 5.75 Å². The number of nitro groups is 1. The van der Waals surface area contributed by atoms with Crippen LogP contribution in [-0.2, 0) is 9.53 Å². The molecular weight excluding hydrogens is 382 g/mol. The van der Waals surface area contributed by atoms with E-state index in [1.165, 1.54) is 18.0 Å². The summed E-state index contributed by atoms with van der Waals surface area (Å²) < 4.78 is 10.3. The third-order valence-corrected chi connectivity index (χ3v) is 4.35. The summed E-state index contributed by atoms with van der Waals surface area (Å²) in [6.45, 7) is -0.105. The maximum Gasteiger partial charge on any atom is 0.338 e. The molecule has 0 saturated carbocycles. The minimum atomic E-state index is -0.961. The molecule has 10 heteroatoms. The van der Waals surface area contributed by atoms with Gasteiger partial charge < -0.3 is 19.7 Å². The average Bonchev–Trinajstić information content (AvgIpc) is 2.76. The fourth-order valence-corrected chi connectivity index (χ4v) is 2.96. The van der Waals surface area contributed by atoms with E-state index in [0.29, 0.717) is 11.4 Å². The van der Waals surface area contributed by atoms with Crippen molar-refractivity contribution in [3.8, 4) is 5.75 Å². The van der Waals surface area contributed by atoms with Crippen molar-refractivity contribution in [1.82, 2.24) is 5.32 Å². The number of nitrogens with one attached hydrogen (secondary N) is 1. The summed E-state index contributed by atoms with van der Waals surface area (Å²) in [4.78, 5) is 49.0. The molecule has 1 aliphatic rings. The van der Waals surface area contributed by atoms with Gasteiger partial charge in [0.25, 0.3) is 17.5 Å². The van der Waals surface area contributed by atoms with Gasteiger partial charge in [0.1, 0.15) is 5.75 Å². The topological polar surface area (TPSA) is 128 Å². The Kier molecular flexibility index (Phi) is 5.44. The number of benzene rings is 2. The molecule has 1 atom stereocenters. The molecule has 1 N–H and O–H groups in total. The lowest BCUT2D eigenvalue weighted by Crippen LogP contribution is -2.50. The number of ether oxygens (including phenoxy) is 2. The molecule has 2 aromatic carbocycles. The van der Waals surface area contributed by atoms with Gasteiger partial charge in [-0.3, -0.25) is 19.7 Å². The number of likely N-dealkylation sites (N-methyl/N-ethyl adjacent to an activating group) is 1. The van der Waals surface area contributed by atoms with Crippen molar-refractivity contribution in [1.29, 1.82) is 0 Å². The molecule has 0 bridgehead atoms. The van der Waals surface area contributed by atoms with Crippen molar-refractivity contribution in [2.24, 2.45) is 0 Å². The van der Waals surface area contributed by atoms with Crippen molar-refractivity contribution in [2.45, 2.75) is 6.10 Å². The van der Waals surface area contributed by atoms with Gasteiger partial charge in [0.15, 0.2) is 6.10 Å². The summed E-state index contributed by atoms with van der Waals surface area (Å²) in [7, 11) is 2.58. The fourth-order valence-electron chi connectivity index (χ4n) is 2.96. The first-order valence-electron chi connectivity index (χ1n) is 8.52. The molecule has 0 saturated heterocycles. The van der Waals surface area contributed by atoms with Crippen LogP contribution in [0.2, 0.25) is 0 Å². The molecule has 29 heavy (non-hydrogen) atoms. The van der Waals surface area contributed by atoms with Crippen LogP contribution in [0.3, 0.4) is 0 Å². The molecule has 2 aromatic rings. The molecule has 0 spiro atoms. The zero-order chi connectivity index (χ0) is 21.1. The number of hydrogen-bond acceptors (Lipinski definition) is 7. The molecule has 0 aromatic heterocycles. The Bertz CT molecular complexity index is 1010. The second-order valence-electron chi connectivity index (χ2n) is 6.12. The summed E-state index contributed by atoms with van der Waals surface area (Å²) in [5.74, 6) is -1.54. The predicted molar refractivity (Wildman–Crippen MR) is 101 cm³/mol. The zero-order valence-electron chi connectivity index (χ0n) is 15.6. The lowest BCUT2D eigenvalue weighted by atomic mass is 10.1. The second-order valence-corrected chi connectivity index (χ2v) is 6.12. The normalized spacial score (nSPS) is 15.0. The minimum Gasteiger partial charge on any atom is -0.477 e. The van der Waals surface area contributed by atoms with Gasteiger partial charge in [-0.1, -0.05) is 12.1 Å². The van der Waals surface area contributed by atoms with Crippen LogP contribution in [0.1, 0.15) is 20.7 Å². The van der Waals surface area contributed by atoms with Crippen LogP contribution < -0.4 is 15.0 Å². The van der Waals surface area contributed by atoms with Gasteiger partial charge >= 0.3 is 5.97 Å². The van der Waals surface area contributed by atoms with Gasteiger partial charge in [-0.25, -0.2) is 4.79 Å². The number of esters is 1. The second kappa shape index (κ2) is 7.97. The molecule has 1 heterocycles. The first kappa shape index (κ1) is 19.8. The number of fused-ring (bicyclic) bond motifs is 1. The van der Waals surface area contributed by atoms with Crippen LogP contribution in [0, 0.1) is 10.1 Å². The van der Waals surface area contributed by atoms with E-state index in [9.17, 15) is 24.5 Å². The standard InChI is InChI=1S/C19H17N3O7/c1-20-17(23)16-10-21(14-5-3-4-6-15(14)29-16)18(24)11-7-12(19(25)28-2)9-13(8-11)22(26)27/h3-9,16H,10H2,1-2H3,(H,20,23)/t16-/m1/s1. The number of rotatable bonds is 4. The number of para-hydroxylation sites is 2. The molecular formula is C19H17N3O7. The van der Waals surface area contributed by atoms with E-state index >= 15 is 0 Å². The quantitative estimate of drug-likeness (QED) is 0.469. The highest BCUT2D eigenvalue weighted by Gasteiger charge is 2.34. The Morgan fingerprint density at radius 3 is 2.55 bits per heavy atom. The van der Waals surface area contributed by atoms with Crippen LogP contribution in [-0.4, -0.2) is 49.5 Å². The number of amides is 2. The molecule has 1 aliphatic heterocycles. The SMILES string of the molecule is CNC(=O)[C@H]1CN(C(=O)c2cc(C(=O)OC)cc([N+](=O)[O-])c2)c2ccccc2O1. The Labute approximate surface area is 165 Å². The number of carbonyl (C=O) groups excluding carboxylic acids is 3. The van der Waals surface area contributed by atoms with E-state index in [2.05, 4.69) is 10.1 Å². The highest BCUT2D eigenvalue weighted by atomic mass is 16.6. The van der Waals surface area contributed by atoms with Crippen LogP contribution in [0.15, 0.2) is 42.5 Å². The highest BCUT2D eigenvalue weighted by Crippen LogP contribution is 2.34. The highest BCUT2D eigenvalue weighted by molar-refractivity contribution is 6.09. The number of nitrogens with zero attached hydrogens (tertiary/aromatic N) is 2. The summed E-state index contributed by atoms with van der Waals surface area (Å²) in [5, 5.41) is 13.7. The van der Waals surface area contributed by atoms with Crippen LogP contribution in [0.25, 0.3) is 0 Å².